The number of hydrogen-bond acceptors (Lipinski definition) is 8. The van der Waals surface area contributed by atoms with Crippen molar-refractivity contribution in [1.29, 1.82) is 0 Å². The number of aryl methyl sites for hydroxylation is 1. The Hall–Kier alpha value is -3.56. The van der Waals surface area contributed by atoms with Crippen LogP contribution in [0, 0.1) is 6.92 Å². The van der Waals surface area contributed by atoms with E-state index in [0.29, 0.717) is 29.1 Å². The van der Waals surface area contributed by atoms with Crippen molar-refractivity contribution >= 4 is 22.8 Å². The summed E-state index contributed by atoms with van der Waals surface area (Å²) in [5.41, 5.74) is 4.30. The molecule has 0 saturated carbocycles. The zero-order valence-corrected chi connectivity index (χ0v) is 22.2. The predicted molar refractivity (Wildman–Crippen MR) is 139 cm³/mol. The lowest BCUT2D eigenvalue weighted by Crippen LogP contribution is -2.48. The van der Waals surface area contributed by atoms with Crippen molar-refractivity contribution in [2.24, 2.45) is 0 Å². The molecular weight excluding hydrogens is 472 g/mol. The lowest BCUT2D eigenvalue weighted by Gasteiger charge is -2.35. The minimum Gasteiger partial charge on any atom is -0.457 e. The van der Waals surface area contributed by atoms with Crippen LogP contribution < -0.4 is 5.56 Å². The first kappa shape index (κ1) is 25.1. The summed E-state index contributed by atoms with van der Waals surface area (Å²) in [5.74, 6) is -1.22. The number of pyridine rings is 2. The molecule has 0 aliphatic carbocycles. The van der Waals surface area contributed by atoms with Gasteiger partial charge in [0.05, 0.1) is 35.6 Å². The Morgan fingerprint density at radius 2 is 1.92 bits per heavy atom. The number of carbonyl (C=O) groups is 2. The Labute approximate surface area is 215 Å². The van der Waals surface area contributed by atoms with Crippen molar-refractivity contribution < 1.29 is 19.1 Å². The number of aromatic nitrogens is 2. The third-order valence-electron chi connectivity index (χ3n) is 7.21. The van der Waals surface area contributed by atoms with Gasteiger partial charge in [-0.1, -0.05) is 13.0 Å². The molecule has 1 aromatic carbocycles. The zero-order valence-electron chi connectivity index (χ0n) is 22.2. The molecule has 1 atom stereocenters. The van der Waals surface area contributed by atoms with Crippen LogP contribution >= 0.6 is 0 Å². The summed E-state index contributed by atoms with van der Waals surface area (Å²) in [4.78, 5) is 48.2. The Balaban J connectivity index is 1.69. The third kappa shape index (κ3) is 4.02. The minimum absolute atomic E-state index is 0.000632. The number of esters is 2. The molecule has 0 fully saturated rings. The smallest absolute Gasteiger partial charge is 0.355 e. The minimum atomic E-state index is -1.68. The molecular formula is C28H32N4O5. The summed E-state index contributed by atoms with van der Waals surface area (Å²) >= 11 is 0. The van der Waals surface area contributed by atoms with Gasteiger partial charge >= 0.3 is 11.9 Å². The summed E-state index contributed by atoms with van der Waals surface area (Å²) in [5, 5.41) is 1.07. The van der Waals surface area contributed by atoms with Crippen LogP contribution in [-0.4, -0.2) is 66.0 Å². The second kappa shape index (κ2) is 9.08. The van der Waals surface area contributed by atoms with Gasteiger partial charge in [-0.2, -0.15) is 0 Å². The fraction of sp³-hybridized carbons (Fsp3) is 0.429. The first-order chi connectivity index (χ1) is 17.6. The van der Waals surface area contributed by atoms with E-state index < -0.39 is 17.5 Å². The van der Waals surface area contributed by atoms with Gasteiger partial charge in [0.25, 0.3) is 5.56 Å². The van der Waals surface area contributed by atoms with Crippen molar-refractivity contribution in [2.45, 2.75) is 45.6 Å². The molecule has 0 N–H and O–H groups in total. The Morgan fingerprint density at radius 1 is 1.16 bits per heavy atom. The van der Waals surface area contributed by atoms with E-state index in [2.05, 4.69) is 24.0 Å². The topological polar surface area (TPSA) is 94.0 Å². The van der Waals surface area contributed by atoms with Crippen molar-refractivity contribution in [3.05, 3.63) is 62.4 Å². The summed E-state index contributed by atoms with van der Waals surface area (Å²) in [6.07, 6.45) is 0.145. The van der Waals surface area contributed by atoms with Crippen molar-refractivity contribution in [2.75, 3.05) is 34.7 Å². The van der Waals surface area contributed by atoms with Crippen molar-refractivity contribution in [1.82, 2.24) is 19.4 Å². The molecule has 0 amide bonds. The average molecular weight is 505 g/mol. The van der Waals surface area contributed by atoms with E-state index >= 15 is 0 Å². The van der Waals surface area contributed by atoms with Gasteiger partial charge in [-0.15, -0.1) is 0 Å². The molecule has 0 saturated heterocycles. The predicted octanol–water partition coefficient (Wildman–Crippen LogP) is 2.56. The number of nitrogens with zero attached hydrogens (tertiary/aromatic N) is 4. The van der Waals surface area contributed by atoms with Gasteiger partial charge in [0.15, 0.2) is 0 Å². The second-order valence-corrected chi connectivity index (χ2v) is 10.4. The molecule has 0 spiro atoms. The van der Waals surface area contributed by atoms with Crippen LogP contribution in [0.4, 0.5) is 0 Å². The Bertz CT molecular complexity index is 1510. The van der Waals surface area contributed by atoms with E-state index in [-0.39, 0.29) is 25.1 Å². The SMILES string of the molecule is CC[C@@]1(OC(=O)CN(C)C)C(=O)OCc2c1cc1n(c2=O)Cc2cc3c(CN(C)C)c(C)ccc3nc2-1. The summed E-state index contributed by atoms with van der Waals surface area (Å²) in [6.45, 7) is 4.85. The van der Waals surface area contributed by atoms with E-state index in [4.69, 9.17) is 14.5 Å². The molecule has 2 aliphatic rings. The van der Waals surface area contributed by atoms with Crippen molar-refractivity contribution in [3.63, 3.8) is 0 Å². The molecule has 9 nitrogen and oxygen atoms in total. The summed E-state index contributed by atoms with van der Waals surface area (Å²) < 4.78 is 12.9. The number of cyclic esters (lactones) is 1. The van der Waals surface area contributed by atoms with Gasteiger partial charge in [-0.25, -0.2) is 9.78 Å². The van der Waals surface area contributed by atoms with E-state index in [1.165, 1.54) is 11.1 Å². The molecule has 2 aliphatic heterocycles. The van der Waals surface area contributed by atoms with Gasteiger partial charge in [-0.05, 0) is 70.9 Å². The molecule has 0 unspecified atom stereocenters. The molecule has 3 aromatic rings. The maximum Gasteiger partial charge on any atom is 0.355 e. The van der Waals surface area contributed by atoms with Crippen LogP contribution in [0.25, 0.3) is 22.3 Å². The van der Waals surface area contributed by atoms with Gasteiger partial charge < -0.3 is 18.9 Å². The molecule has 9 heteroatoms. The first-order valence-corrected chi connectivity index (χ1v) is 12.4. The highest BCUT2D eigenvalue weighted by molar-refractivity contribution is 5.89. The van der Waals surface area contributed by atoms with E-state index in [1.54, 1.807) is 36.6 Å². The van der Waals surface area contributed by atoms with Crippen LogP contribution in [0.3, 0.4) is 0 Å². The summed E-state index contributed by atoms with van der Waals surface area (Å²) in [7, 11) is 7.55. The van der Waals surface area contributed by atoms with Crippen LogP contribution in [-0.2, 0) is 44.4 Å². The molecule has 37 heavy (non-hydrogen) atoms. The Kier molecular flexibility index (Phi) is 6.16. The quantitative estimate of drug-likeness (QED) is 0.370. The van der Waals surface area contributed by atoms with Crippen molar-refractivity contribution in [3.8, 4) is 11.4 Å². The average Bonchev–Trinajstić information content (AvgIpc) is 3.19. The number of benzene rings is 1. The molecule has 0 radical (unpaired) electrons. The fourth-order valence-corrected chi connectivity index (χ4v) is 5.39. The Morgan fingerprint density at radius 3 is 2.59 bits per heavy atom. The number of carbonyl (C=O) groups excluding carboxylic acids is 2. The zero-order chi connectivity index (χ0) is 26.6. The maximum absolute atomic E-state index is 13.7. The monoisotopic (exact) mass is 504 g/mol. The highest BCUT2D eigenvalue weighted by Gasteiger charge is 2.50. The number of ether oxygens (including phenoxy) is 2. The fourth-order valence-electron chi connectivity index (χ4n) is 5.39. The molecule has 0 bridgehead atoms. The molecule has 194 valence electrons. The lowest BCUT2D eigenvalue weighted by atomic mass is 9.85. The van der Waals surface area contributed by atoms with Crippen LogP contribution in [0.5, 0.6) is 0 Å². The second-order valence-electron chi connectivity index (χ2n) is 10.4. The third-order valence-corrected chi connectivity index (χ3v) is 7.21. The van der Waals surface area contributed by atoms with Crippen LogP contribution in [0.15, 0.2) is 29.1 Å². The van der Waals surface area contributed by atoms with Gasteiger partial charge in [0.1, 0.15) is 6.61 Å². The number of likely N-dealkylation sites (N-methyl/N-ethyl adjacent to an activating group) is 1. The van der Waals surface area contributed by atoms with Gasteiger partial charge in [-0.3, -0.25) is 14.5 Å². The first-order valence-electron chi connectivity index (χ1n) is 12.4. The van der Waals surface area contributed by atoms with E-state index in [0.717, 1.165) is 23.0 Å². The number of fused-ring (bicyclic) bond motifs is 5. The lowest BCUT2D eigenvalue weighted by molar-refractivity contribution is -0.189. The molecule has 2 aromatic heterocycles. The largest absolute Gasteiger partial charge is 0.457 e. The maximum atomic E-state index is 13.7. The number of hydrogen-bond donors (Lipinski definition) is 0. The number of rotatable bonds is 6. The molecule has 5 rings (SSSR count). The standard InChI is InChI=1S/C28H32N4O5/c1-7-28(37-24(33)14-31(5)6)21-11-23-25-17(12-32(23)26(34)20(21)15-36-27(28)35)10-18-19(13-30(3)4)16(2)8-9-22(18)29-25/h8-11H,7,12-15H2,1-6H3/t28-/m0/s1. The van der Waals surface area contributed by atoms with E-state index in [1.807, 2.05) is 20.2 Å². The van der Waals surface area contributed by atoms with Gasteiger partial charge in [0, 0.05) is 23.1 Å². The van der Waals surface area contributed by atoms with Crippen LogP contribution in [0.1, 0.15) is 41.2 Å². The summed E-state index contributed by atoms with van der Waals surface area (Å²) in [6, 6.07) is 7.99. The molecule has 4 heterocycles. The highest BCUT2D eigenvalue weighted by atomic mass is 16.6. The normalized spacial score (nSPS) is 18.1. The highest BCUT2D eigenvalue weighted by Crippen LogP contribution is 2.41. The van der Waals surface area contributed by atoms with Crippen LogP contribution in [0.2, 0.25) is 0 Å². The van der Waals surface area contributed by atoms with E-state index in [9.17, 15) is 14.4 Å². The van der Waals surface area contributed by atoms with Gasteiger partial charge in [0.2, 0.25) is 5.60 Å².